The van der Waals surface area contributed by atoms with Gasteiger partial charge >= 0.3 is 5.97 Å². The van der Waals surface area contributed by atoms with E-state index in [2.05, 4.69) is 21.9 Å². The Balaban J connectivity index is 1.86. The second-order valence-electron chi connectivity index (χ2n) is 4.84. The maximum atomic E-state index is 10.9. The van der Waals surface area contributed by atoms with Crippen molar-refractivity contribution in [2.24, 2.45) is 0 Å². The molecule has 1 N–H and O–H groups in total. The second kappa shape index (κ2) is 5.49. The van der Waals surface area contributed by atoms with Gasteiger partial charge in [0.05, 0.1) is 12.2 Å². The van der Waals surface area contributed by atoms with Crippen LogP contribution in [-0.4, -0.2) is 70.4 Å². The highest BCUT2D eigenvalue weighted by Gasteiger charge is 2.15. The summed E-state index contributed by atoms with van der Waals surface area (Å²) in [5.74, 6) is -0.904. The first kappa shape index (κ1) is 13.0. The van der Waals surface area contributed by atoms with Gasteiger partial charge in [0, 0.05) is 38.9 Å². The number of nitrogens with zero attached hydrogens (tertiary/aromatic N) is 4. The Morgan fingerprint density at radius 3 is 2.56 bits per heavy atom. The maximum Gasteiger partial charge on any atom is 0.339 e. The fraction of sp³-hybridized carbons (Fsp3) is 0.667. The minimum Gasteiger partial charge on any atom is -0.478 e. The van der Waals surface area contributed by atoms with E-state index in [1.807, 2.05) is 0 Å². The number of aromatic nitrogens is 2. The number of likely N-dealkylation sites (N-methyl/N-ethyl adjacent to an activating group) is 1. The molecule has 0 saturated carbocycles. The van der Waals surface area contributed by atoms with Gasteiger partial charge in [-0.05, 0) is 14.0 Å². The van der Waals surface area contributed by atoms with Crippen LogP contribution in [0.25, 0.3) is 0 Å². The molecule has 1 aliphatic heterocycles. The lowest BCUT2D eigenvalue weighted by molar-refractivity contribution is 0.0696. The van der Waals surface area contributed by atoms with Gasteiger partial charge in [0.1, 0.15) is 5.56 Å². The molecule has 0 radical (unpaired) electrons. The molecule has 18 heavy (non-hydrogen) atoms. The predicted molar refractivity (Wildman–Crippen MR) is 67.9 cm³/mol. The molecular weight excluding hydrogens is 232 g/mol. The van der Waals surface area contributed by atoms with Gasteiger partial charge in [-0.15, -0.1) is 0 Å². The van der Waals surface area contributed by atoms with Gasteiger partial charge in [-0.3, -0.25) is 9.58 Å². The monoisotopic (exact) mass is 252 g/mol. The highest BCUT2D eigenvalue weighted by molar-refractivity contribution is 5.88. The molecule has 0 amide bonds. The molecule has 0 unspecified atom stereocenters. The Morgan fingerprint density at radius 2 is 2.00 bits per heavy atom. The van der Waals surface area contributed by atoms with Crippen LogP contribution in [0.1, 0.15) is 16.1 Å². The minimum absolute atomic E-state index is 0.299. The molecule has 1 aromatic heterocycles. The van der Waals surface area contributed by atoms with Crippen LogP contribution in [0.15, 0.2) is 6.20 Å². The van der Waals surface area contributed by atoms with Crippen LogP contribution in [0, 0.1) is 6.92 Å². The van der Waals surface area contributed by atoms with Crippen molar-refractivity contribution in [3.63, 3.8) is 0 Å². The lowest BCUT2D eigenvalue weighted by Crippen LogP contribution is -2.45. The molecular formula is C12H20N4O2. The topological polar surface area (TPSA) is 61.6 Å². The molecule has 0 atom stereocenters. The summed E-state index contributed by atoms with van der Waals surface area (Å²) in [7, 11) is 2.13. The van der Waals surface area contributed by atoms with Crippen LogP contribution in [0.2, 0.25) is 0 Å². The Labute approximate surface area is 107 Å². The summed E-state index contributed by atoms with van der Waals surface area (Å²) in [4.78, 5) is 15.6. The zero-order valence-electron chi connectivity index (χ0n) is 11.0. The molecule has 0 spiro atoms. The summed E-state index contributed by atoms with van der Waals surface area (Å²) < 4.78 is 1.73. The summed E-state index contributed by atoms with van der Waals surface area (Å²) in [5.41, 5.74) is 0.884. The molecule has 0 aliphatic carbocycles. The van der Waals surface area contributed by atoms with E-state index in [0.29, 0.717) is 11.3 Å². The first-order chi connectivity index (χ1) is 8.56. The minimum atomic E-state index is -0.904. The number of hydrogen-bond acceptors (Lipinski definition) is 4. The largest absolute Gasteiger partial charge is 0.478 e. The fourth-order valence-electron chi connectivity index (χ4n) is 2.16. The molecule has 6 nitrogen and oxygen atoms in total. The van der Waals surface area contributed by atoms with Gasteiger partial charge in [-0.1, -0.05) is 0 Å². The lowest BCUT2D eigenvalue weighted by Gasteiger charge is -2.32. The van der Waals surface area contributed by atoms with Gasteiger partial charge in [0.2, 0.25) is 0 Å². The third kappa shape index (κ3) is 3.08. The SMILES string of the molecule is Cc1nn(CCN2CCN(C)CC2)cc1C(=O)O. The molecule has 1 fully saturated rings. The molecule has 1 saturated heterocycles. The van der Waals surface area contributed by atoms with Gasteiger partial charge < -0.3 is 10.0 Å². The standard InChI is InChI=1S/C12H20N4O2/c1-10-11(12(17)18)9-16(13-10)8-7-15-5-3-14(2)4-6-15/h9H,3-8H2,1-2H3,(H,17,18). The first-order valence-corrected chi connectivity index (χ1v) is 6.24. The summed E-state index contributed by atoms with van der Waals surface area (Å²) in [5, 5.41) is 13.2. The van der Waals surface area contributed by atoms with Gasteiger partial charge in [-0.2, -0.15) is 5.10 Å². The van der Waals surface area contributed by atoms with E-state index in [0.717, 1.165) is 39.3 Å². The van der Waals surface area contributed by atoms with Crippen LogP contribution in [0.4, 0.5) is 0 Å². The van der Waals surface area contributed by atoms with Gasteiger partial charge in [0.25, 0.3) is 0 Å². The van der Waals surface area contributed by atoms with Crippen molar-refractivity contribution in [2.45, 2.75) is 13.5 Å². The van der Waals surface area contributed by atoms with E-state index < -0.39 is 5.97 Å². The van der Waals surface area contributed by atoms with Crippen LogP contribution in [0.5, 0.6) is 0 Å². The average molecular weight is 252 g/mol. The van der Waals surface area contributed by atoms with E-state index in [1.165, 1.54) is 0 Å². The number of aromatic carboxylic acids is 1. The highest BCUT2D eigenvalue weighted by atomic mass is 16.4. The van der Waals surface area contributed by atoms with E-state index in [1.54, 1.807) is 17.8 Å². The van der Waals surface area contributed by atoms with E-state index in [-0.39, 0.29) is 0 Å². The van der Waals surface area contributed by atoms with Crippen molar-refractivity contribution in [3.05, 3.63) is 17.5 Å². The fourth-order valence-corrected chi connectivity index (χ4v) is 2.16. The van der Waals surface area contributed by atoms with Crippen molar-refractivity contribution in [3.8, 4) is 0 Å². The Kier molecular flexibility index (Phi) is 3.98. The third-order valence-electron chi connectivity index (χ3n) is 3.42. The number of rotatable bonds is 4. The molecule has 1 aliphatic rings. The summed E-state index contributed by atoms with van der Waals surface area (Å²) >= 11 is 0. The Morgan fingerprint density at radius 1 is 1.33 bits per heavy atom. The zero-order chi connectivity index (χ0) is 13.1. The summed E-state index contributed by atoms with van der Waals surface area (Å²) in [6.07, 6.45) is 1.62. The lowest BCUT2D eigenvalue weighted by atomic mass is 10.3. The molecule has 1 aromatic rings. The predicted octanol–water partition coefficient (Wildman–Crippen LogP) is 0.137. The molecule has 2 rings (SSSR count). The highest BCUT2D eigenvalue weighted by Crippen LogP contribution is 2.06. The third-order valence-corrected chi connectivity index (χ3v) is 3.42. The maximum absolute atomic E-state index is 10.9. The van der Waals surface area contributed by atoms with Crippen molar-refractivity contribution < 1.29 is 9.90 Å². The Hall–Kier alpha value is -1.40. The smallest absolute Gasteiger partial charge is 0.339 e. The van der Waals surface area contributed by atoms with Crippen LogP contribution < -0.4 is 0 Å². The second-order valence-corrected chi connectivity index (χ2v) is 4.84. The molecule has 6 heteroatoms. The van der Waals surface area contributed by atoms with Crippen molar-refractivity contribution >= 4 is 5.97 Å². The van der Waals surface area contributed by atoms with Crippen LogP contribution >= 0.6 is 0 Å². The van der Waals surface area contributed by atoms with E-state index >= 15 is 0 Å². The van der Waals surface area contributed by atoms with Gasteiger partial charge in [0.15, 0.2) is 0 Å². The Bertz CT molecular complexity index is 422. The quantitative estimate of drug-likeness (QED) is 0.825. The van der Waals surface area contributed by atoms with Crippen molar-refractivity contribution in [2.75, 3.05) is 39.8 Å². The average Bonchev–Trinajstić information content (AvgIpc) is 2.70. The number of carbonyl (C=O) groups is 1. The number of hydrogen-bond donors (Lipinski definition) is 1. The summed E-state index contributed by atoms with van der Waals surface area (Å²) in [6, 6.07) is 0. The molecule has 2 heterocycles. The first-order valence-electron chi connectivity index (χ1n) is 6.24. The number of carboxylic acids is 1. The normalized spacial score (nSPS) is 18.1. The van der Waals surface area contributed by atoms with E-state index in [9.17, 15) is 4.79 Å². The van der Waals surface area contributed by atoms with Crippen LogP contribution in [0.3, 0.4) is 0 Å². The molecule has 0 bridgehead atoms. The summed E-state index contributed by atoms with van der Waals surface area (Å²) in [6.45, 7) is 7.74. The number of piperazine rings is 1. The van der Waals surface area contributed by atoms with Crippen molar-refractivity contribution in [1.82, 2.24) is 19.6 Å². The molecule has 0 aromatic carbocycles. The van der Waals surface area contributed by atoms with Gasteiger partial charge in [-0.25, -0.2) is 4.79 Å². The van der Waals surface area contributed by atoms with Crippen molar-refractivity contribution in [1.29, 1.82) is 0 Å². The van der Waals surface area contributed by atoms with Crippen LogP contribution in [-0.2, 0) is 6.54 Å². The number of carboxylic acid groups (broad SMARTS) is 1. The number of aryl methyl sites for hydroxylation is 1. The van der Waals surface area contributed by atoms with E-state index in [4.69, 9.17) is 5.11 Å². The zero-order valence-corrected chi connectivity index (χ0v) is 11.0. The molecule has 100 valence electrons.